The van der Waals surface area contributed by atoms with Crippen molar-refractivity contribution < 1.29 is 4.74 Å². The monoisotopic (exact) mass is 307 g/mol. The van der Waals surface area contributed by atoms with Gasteiger partial charge in [0.25, 0.3) is 0 Å². The van der Waals surface area contributed by atoms with E-state index in [1.807, 2.05) is 30.3 Å². The molecule has 2 heteroatoms. The molecular formula is C21H25NO. The molecule has 0 radical (unpaired) electrons. The van der Waals surface area contributed by atoms with Crippen LogP contribution in [0.3, 0.4) is 0 Å². The van der Waals surface area contributed by atoms with E-state index in [0.717, 1.165) is 17.5 Å². The van der Waals surface area contributed by atoms with E-state index in [1.165, 1.54) is 50.6 Å². The van der Waals surface area contributed by atoms with Crippen LogP contribution in [-0.2, 0) is 0 Å². The molecule has 2 fully saturated rings. The third-order valence-electron chi connectivity index (χ3n) is 5.33. The van der Waals surface area contributed by atoms with Crippen LogP contribution in [-0.4, -0.2) is 17.5 Å². The van der Waals surface area contributed by atoms with Gasteiger partial charge in [-0.05, 0) is 68.5 Å². The average molecular weight is 307 g/mol. The molecule has 2 unspecified atom stereocenters. The molecule has 23 heavy (non-hydrogen) atoms. The second-order valence-electron chi connectivity index (χ2n) is 6.82. The van der Waals surface area contributed by atoms with Crippen LogP contribution in [0.25, 0.3) is 0 Å². The zero-order valence-corrected chi connectivity index (χ0v) is 13.7. The first kappa shape index (κ1) is 14.8. The Balaban J connectivity index is 1.49. The maximum absolute atomic E-state index is 5.91. The van der Waals surface area contributed by atoms with Crippen molar-refractivity contribution in [2.75, 3.05) is 6.54 Å². The van der Waals surface area contributed by atoms with Crippen LogP contribution in [0.2, 0.25) is 0 Å². The summed E-state index contributed by atoms with van der Waals surface area (Å²) in [5.41, 5.74) is 1.46. The van der Waals surface area contributed by atoms with Gasteiger partial charge < -0.3 is 4.74 Å². The van der Waals surface area contributed by atoms with Crippen LogP contribution >= 0.6 is 0 Å². The molecule has 120 valence electrons. The third-order valence-corrected chi connectivity index (χ3v) is 5.33. The predicted octanol–water partition coefficient (Wildman–Crippen LogP) is 5.56. The van der Waals surface area contributed by atoms with E-state index in [2.05, 4.69) is 29.2 Å². The lowest BCUT2D eigenvalue weighted by Crippen LogP contribution is -2.44. The molecule has 2 aliphatic heterocycles. The van der Waals surface area contributed by atoms with Crippen molar-refractivity contribution in [3.05, 3.63) is 60.2 Å². The quantitative estimate of drug-likeness (QED) is 0.736. The van der Waals surface area contributed by atoms with Crippen molar-refractivity contribution in [3.63, 3.8) is 0 Å². The molecule has 2 nitrogen and oxygen atoms in total. The largest absolute Gasteiger partial charge is 0.457 e. The molecule has 0 N–H and O–H groups in total. The topological polar surface area (TPSA) is 12.5 Å². The van der Waals surface area contributed by atoms with Crippen LogP contribution in [0.15, 0.2) is 54.6 Å². The van der Waals surface area contributed by atoms with Gasteiger partial charge in [-0.1, -0.05) is 36.8 Å². The molecule has 0 bridgehead atoms. The smallest absolute Gasteiger partial charge is 0.127 e. The lowest BCUT2D eigenvalue weighted by Gasteiger charge is -2.45. The van der Waals surface area contributed by atoms with Gasteiger partial charge in [-0.15, -0.1) is 0 Å². The van der Waals surface area contributed by atoms with E-state index >= 15 is 0 Å². The fourth-order valence-electron chi connectivity index (χ4n) is 4.20. The van der Waals surface area contributed by atoms with E-state index in [9.17, 15) is 0 Å². The van der Waals surface area contributed by atoms with E-state index in [1.54, 1.807) is 0 Å². The summed E-state index contributed by atoms with van der Waals surface area (Å²) >= 11 is 0. The maximum Gasteiger partial charge on any atom is 0.127 e. The number of piperidine rings is 2. The minimum Gasteiger partial charge on any atom is -0.457 e. The van der Waals surface area contributed by atoms with Gasteiger partial charge in [0.1, 0.15) is 11.5 Å². The molecule has 2 aromatic carbocycles. The summed E-state index contributed by atoms with van der Waals surface area (Å²) in [5.74, 6) is 1.82. The van der Waals surface area contributed by atoms with Crippen LogP contribution < -0.4 is 4.74 Å². The molecule has 2 atom stereocenters. The van der Waals surface area contributed by atoms with Crippen molar-refractivity contribution in [3.8, 4) is 11.5 Å². The van der Waals surface area contributed by atoms with Gasteiger partial charge >= 0.3 is 0 Å². The molecule has 0 aromatic heterocycles. The lowest BCUT2D eigenvalue weighted by molar-refractivity contribution is 0.0518. The van der Waals surface area contributed by atoms with Gasteiger partial charge in [-0.2, -0.15) is 0 Å². The molecule has 0 aliphatic carbocycles. The minimum atomic E-state index is 0.611. The Hall–Kier alpha value is -1.80. The Morgan fingerprint density at radius 1 is 0.739 bits per heavy atom. The van der Waals surface area contributed by atoms with Crippen molar-refractivity contribution in [1.82, 2.24) is 4.90 Å². The highest BCUT2D eigenvalue weighted by atomic mass is 16.5. The summed E-state index contributed by atoms with van der Waals surface area (Å²) < 4.78 is 5.91. The highest BCUT2D eigenvalue weighted by Crippen LogP contribution is 2.38. The zero-order valence-electron chi connectivity index (χ0n) is 13.7. The fraction of sp³-hybridized carbons (Fsp3) is 0.429. The number of rotatable bonds is 3. The van der Waals surface area contributed by atoms with E-state index in [-0.39, 0.29) is 0 Å². The fourth-order valence-corrected chi connectivity index (χ4v) is 4.20. The lowest BCUT2D eigenvalue weighted by atomic mass is 9.86. The Morgan fingerprint density at radius 2 is 1.48 bits per heavy atom. The van der Waals surface area contributed by atoms with Crippen LogP contribution in [0.4, 0.5) is 0 Å². The van der Waals surface area contributed by atoms with Gasteiger partial charge in [0.15, 0.2) is 0 Å². The molecule has 4 rings (SSSR count). The number of hydrogen-bond donors (Lipinski definition) is 0. The van der Waals surface area contributed by atoms with Gasteiger partial charge in [0.05, 0.1) is 0 Å². The summed E-state index contributed by atoms with van der Waals surface area (Å²) in [5, 5.41) is 0. The summed E-state index contributed by atoms with van der Waals surface area (Å²) in [7, 11) is 0. The van der Waals surface area contributed by atoms with E-state index < -0.39 is 0 Å². The first-order chi connectivity index (χ1) is 11.4. The Bertz CT molecular complexity index is 620. The molecule has 2 saturated heterocycles. The molecule has 2 aromatic rings. The van der Waals surface area contributed by atoms with Crippen LogP contribution in [0, 0.1) is 0 Å². The van der Waals surface area contributed by atoms with Gasteiger partial charge in [-0.25, -0.2) is 0 Å². The second-order valence-corrected chi connectivity index (χ2v) is 6.82. The third kappa shape index (κ3) is 3.28. The highest BCUT2D eigenvalue weighted by molar-refractivity contribution is 5.34. The molecule has 0 amide bonds. The number of nitrogens with zero attached hydrogens (tertiary/aromatic N) is 1. The van der Waals surface area contributed by atoms with Gasteiger partial charge in [-0.3, -0.25) is 4.90 Å². The van der Waals surface area contributed by atoms with E-state index in [4.69, 9.17) is 4.74 Å². The standard InChI is InChI=1S/C21H25NO/c1-2-9-19(10-3-1)23-20-14-12-17(13-15-20)21-11-6-8-18-7-4-5-16-22(18)21/h1-3,9-10,12-15,18,21H,4-8,11,16H2. The summed E-state index contributed by atoms with van der Waals surface area (Å²) in [6.07, 6.45) is 8.24. The first-order valence-electron chi connectivity index (χ1n) is 8.99. The Kier molecular flexibility index (Phi) is 4.34. The maximum atomic E-state index is 5.91. The number of hydrogen-bond acceptors (Lipinski definition) is 2. The number of fused-ring (bicyclic) bond motifs is 1. The average Bonchev–Trinajstić information content (AvgIpc) is 2.63. The van der Waals surface area contributed by atoms with Crippen molar-refractivity contribution in [1.29, 1.82) is 0 Å². The summed E-state index contributed by atoms with van der Waals surface area (Å²) in [4.78, 5) is 2.76. The predicted molar refractivity (Wildman–Crippen MR) is 93.9 cm³/mol. The number of benzene rings is 2. The molecule has 2 heterocycles. The SMILES string of the molecule is c1ccc(Oc2ccc(C3CCCC4CCCCN43)cc2)cc1. The molecule has 0 spiro atoms. The summed E-state index contributed by atoms with van der Waals surface area (Å²) in [6, 6.07) is 20.2. The Morgan fingerprint density at radius 3 is 2.30 bits per heavy atom. The highest BCUT2D eigenvalue weighted by Gasteiger charge is 2.32. The van der Waals surface area contributed by atoms with Gasteiger partial charge in [0.2, 0.25) is 0 Å². The molecule has 2 aliphatic rings. The summed E-state index contributed by atoms with van der Waals surface area (Å²) in [6.45, 7) is 1.28. The molecule has 0 saturated carbocycles. The van der Waals surface area contributed by atoms with Crippen LogP contribution in [0.5, 0.6) is 11.5 Å². The normalized spacial score (nSPS) is 24.9. The Labute approximate surface area is 139 Å². The van der Waals surface area contributed by atoms with E-state index in [0.29, 0.717) is 6.04 Å². The minimum absolute atomic E-state index is 0.611. The number of ether oxygens (including phenoxy) is 1. The van der Waals surface area contributed by atoms with Crippen molar-refractivity contribution in [2.45, 2.75) is 50.6 Å². The first-order valence-corrected chi connectivity index (χ1v) is 8.99. The zero-order chi connectivity index (χ0) is 15.5. The number of para-hydroxylation sites is 1. The van der Waals surface area contributed by atoms with Crippen LogP contribution in [0.1, 0.15) is 50.1 Å². The molecular weight excluding hydrogens is 282 g/mol. The van der Waals surface area contributed by atoms with Crippen molar-refractivity contribution >= 4 is 0 Å². The van der Waals surface area contributed by atoms with Crippen molar-refractivity contribution in [2.24, 2.45) is 0 Å². The van der Waals surface area contributed by atoms with Gasteiger partial charge in [0, 0.05) is 12.1 Å². The second kappa shape index (κ2) is 6.76.